The Morgan fingerprint density at radius 2 is 2.14 bits per heavy atom. The van der Waals surface area contributed by atoms with Crippen LogP contribution in [0.25, 0.3) is 0 Å². The molecule has 0 spiro atoms. The smallest absolute Gasteiger partial charge is 0.324 e. The summed E-state index contributed by atoms with van der Waals surface area (Å²) in [4.78, 5) is 20.1. The van der Waals surface area contributed by atoms with Crippen molar-refractivity contribution >= 4 is 21.7 Å². The molecule has 1 aromatic carbocycles. The van der Waals surface area contributed by atoms with Gasteiger partial charge < -0.3 is 14.9 Å². The molecule has 21 heavy (non-hydrogen) atoms. The third-order valence-corrected chi connectivity index (χ3v) is 3.94. The van der Waals surface area contributed by atoms with Gasteiger partial charge in [-0.1, -0.05) is 0 Å². The van der Waals surface area contributed by atoms with Crippen molar-refractivity contribution < 1.29 is 33.1 Å². The highest BCUT2D eigenvalue weighted by Crippen LogP contribution is 2.28. The van der Waals surface area contributed by atoms with E-state index in [4.69, 9.17) is 14.9 Å². The summed E-state index contributed by atoms with van der Waals surface area (Å²) in [6.45, 7) is -0.955. The van der Waals surface area contributed by atoms with Crippen molar-refractivity contribution in [2.45, 2.75) is 10.9 Å². The number of nitrogens with zero attached hydrogens (tertiary/aromatic N) is 1. The molecule has 1 rings (SSSR count). The SMILES string of the molecule is COc1cc([N+](=O)[O-])ccc1S(=O)(=O)NC(CO)C(=O)O. The lowest BCUT2D eigenvalue weighted by Gasteiger charge is -2.14. The third kappa shape index (κ3) is 3.87. The molecule has 0 aromatic heterocycles. The van der Waals surface area contributed by atoms with Crippen LogP contribution in [0.1, 0.15) is 0 Å². The van der Waals surface area contributed by atoms with E-state index in [0.717, 1.165) is 25.3 Å². The van der Waals surface area contributed by atoms with Crippen LogP contribution in [0.15, 0.2) is 23.1 Å². The van der Waals surface area contributed by atoms with Crippen LogP contribution >= 0.6 is 0 Å². The van der Waals surface area contributed by atoms with Crippen LogP contribution in [0.4, 0.5) is 5.69 Å². The summed E-state index contributed by atoms with van der Waals surface area (Å²) in [6, 6.07) is 1.000. The van der Waals surface area contributed by atoms with E-state index in [1.54, 1.807) is 4.72 Å². The largest absolute Gasteiger partial charge is 0.495 e. The molecule has 1 aromatic rings. The molecule has 10 nitrogen and oxygen atoms in total. The Bertz CT molecular complexity index is 657. The van der Waals surface area contributed by atoms with Gasteiger partial charge in [0.1, 0.15) is 16.7 Å². The number of carboxylic acid groups (broad SMARTS) is 1. The van der Waals surface area contributed by atoms with Crippen molar-refractivity contribution in [3.8, 4) is 5.75 Å². The number of ether oxygens (including phenoxy) is 1. The van der Waals surface area contributed by atoms with Gasteiger partial charge in [-0.05, 0) is 6.07 Å². The van der Waals surface area contributed by atoms with E-state index in [2.05, 4.69) is 0 Å². The average molecular weight is 320 g/mol. The number of carbonyl (C=O) groups is 1. The number of rotatable bonds is 7. The summed E-state index contributed by atoms with van der Waals surface area (Å²) in [5.74, 6) is -1.89. The molecule has 116 valence electrons. The van der Waals surface area contributed by atoms with E-state index in [1.807, 2.05) is 0 Å². The zero-order valence-electron chi connectivity index (χ0n) is 10.7. The van der Waals surface area contributed by atoms with Crippen molar-refractivity contribution in [2.75, 3.05) is 13.7 Å². The molecular weight excluding hydrogens is 308 g/mol. The van der Waals surface area contributed by atoms with Gasteiger partial charge in [0.25, 0.3) is 5.69 Å². The Labute approximate surface area is 119 Å². The molecule has 0 radical (unpaired) electrons. The summed E-state index contributed by atoms with van der Waals surface area (Å²) in [5.41, 5.74) is -0.386. The van der Waals surface area contributed by atoms with Crippen molar-refractivity contribution in [2.24, 2.45) is 0 Å². The van der Waals surface area contributed by atoms with E-state index >= 15 is 0 Å². The number of carboxylic acids is 1. The monoisotopic (exact) mass is 320 g/mol. The number of aliphatic carboxylic acids is 1. The maximum atomic E-state index is 12.0. The van der Waals surface area contributed by atoms with Crippen LogP contribution in [0, 0.1) is 10.1 Å². The Morgan fingerprint density at radius 1 is 1.52 bits per heavy atom. The second kappa shape index (κ2) is 6.47. The normalized spacial score (nSPS) is 12.7. The fraction of sp³-hybridized carbons (Fsp3) is 0.300. The third-order valence-electron chi connectivity index (χ3n) is 2.43. The summed E-state index contributed by atoms with van der Waals surface area (Å²) in [5, 5.41) is 28.2. The van der Waals surface area contributed by atoms with E-state index in [1.165, 1.54) is 0 Å². The average Bonchev–Trinajstić information content (AvgIpc) is 2.43. The van der Waals surface area contributed by atoms with Crippen molar-refractivity contribution in [3.63, 3.8) is 0 Å². The van der Waals surface area contributed by atoms with Gasteiger partial charge in [0, 0.05) is 6.07 Å². The second-order valence-corrected chi connectivity index (χ2v) is 5.47. The fourth-order valence-corrected chi connectivity index (χ4v) is 2.74. The van der Waals surface area contributed by atoms with E-state index in [0.29, 0.717) is 0 Å². The predicted octanol–water partition coefficient (Wildman–Crippen LogP) is -0.673. The Hall–Kier alpha value is -2.24. The Kier molecular flexibility index (Phi) is 5.18. The predicted molar refractivity (Wildman–Crippen MR) is 68.5 cm³/mol. The number of non-ortho nitro benzene ring substituents is 1. The first-order valence-corrected chi connectivity index (χ1v) is 6.89. The maximum absolute atomic E-state index is 12.0. The zero-order chi connectivity index (χ0) is 16.2. The molecule has 0 aliphatic rings. The number of nitro benzene ring substituents is 1. The van der Waals surface area contributed by atoms with Gasteiger partial charge in [0.05, 0.1) is 24.7 Å². The van der Waals surface area contributed by atoms with Crippen molar-refractivity contribution in [1.82, 2.24) is 4.72 Å². The quantitative estimate of drug-likeness (QED) is 0.441. The van der Waals surface area contributed by atoms with Gasteiger partial charge >= 0.3 is 5.97 Å². The van der Waals surface area contributed by atoms with Gasteiger partial charge in [-0.25, -0.2) is 8.42 Å². The number of benzene rings is 1. The first-order chi connectivity index (χ1) is 9.72. The number of nitrogens with one attached hydrogen (secondary N) is 1. The van der Waals surface area contributed by atoms with Gasteiger partial charge in [-0.3, -0.25) is 14.9 Å². The standard InChI is InChI=1S/C10H12N2O8S/c1-20-8-4-6(12(16)17)2-3-9(8)21(18,19)11-7(5-13)10(14)15/h2-4,7,11,13H,5H2,1H3,(H,14,15). The molecule has 1 atom stereocenters. The van der Waals surface area contributed by atoms with Gasteiger partial charge in [0.15, 0.2) is 0 Å². The van der Waals surface area contributed by atoms with Gasteiger partial charge in [-0.15, -0.1) is 0 Å². The number of hydrogen-bond acceptors (Lipinski definition) is 7. The van der Waals surface area contributed by atoms with Crippen LogP contribution < -0.4 is 9.46 Å². The van der Waals surface area contributed by atoms with Crippen LogP contribution in [0.3, 0.4) is 0 Å². The lowest BCUT2D eigenvalue weighted by molar-refractivity contribution is -0.385. The molecular formula is C10H12N2O8S. The fourth-order valence-electron chi connectivity index (χ4n) is 1.41. The minimum Gasteiger partial charge on any atom is -0.495 e. The number of sulfonamides is 1. The zero-order valence-corrected chi connectivity index (χ0v) is 11.5. The van der Waals surface area contributed by atoms with Crippen molar-refractivity contribution in [1.29, 1.82) is 0 Å². The summed E-state index contributed by atoms with van der Waals surface area (Å²) in [7, 11) is -3.23. The number of nitro groups is 1. The summed E-state index contributed by atoms with van der Waals surface area (Å²) in [6.07, 6.45) is 0. The molecule has 0 saturated carbocycles. The highest BCUT2D eigenvalue weighted by Gasteiger charge is 2.28. The van der Waals surface area contributed by atoms with E-state index < -0.39 is 38.5 Å². The Balaban J connectivity index is 3.25. The van der Waals surface area contributed by atoms with Crippen LogP contribution in [-0.2, 0) is 14.8 Å². The molecule has 0 bridgehead atoms. The van der Waals surface area contributed by atoms with Gasteiger partial charge in [0.2, 0.25) is 10.0 Å². The minimum absolute atomic E-state index is 0.321. The number of methoxy groups -OCH3 is 1. The van der Waals surface area contributed by atoms with E-state index in [-0.39, 0.29) is 11.4 Å². The van der Waals surface area contributed by atoms with Crippen LogP contribution in [-0.4, -0.2) is 49.3 Å². The number of aliphatic hydroxyl groups is 1. The molecule has 0 aliphatic heterocycles. The van der Waals surface area contributed by atoms with E-state index in [9.17, 15) is 23.3 Å². The highest BCUT2D eigenvalue weighted by atomic mass is 32.2. The summed E-state index contributed by atoms with van der Waals surface area (Å²) < 4.78 is 30.6. The van der Waals surface area contributed by atoms with Crippen molar-refractivity contribution in [3.05, 3.63) is 28.3 Å². The first kappa shape index (κ1) is 16.8. The molecule has 11 heteroatoms. The first-order valence-electron chi connectivity index (χ1n) is 5.41. The maximum Gasteiger partial charge on any atom is 0.324 e. The number of aliphatic hydroxyl groups excluding tert-OH is 1. The molecule has 0 amide bonds. The van der Waals surface area contributed by atoms with Crippen LogP contribution in [0.5, 0.6) is 5.75 Å². The highest BCUT2D eigenvalue weighted by molar-refractivity contribution is 7.89. The molecule has 3 N–H and O–H groups in total. The second-order valence-electron chi connectivity index (χ2n) is 3.79. The molecule has 1 unspecified atom stereocenters. The van der Waals surface area contributed by atoms with Crippen LogP contribution in [0.2, 0.25) is 0 Å². The topological polar surface area (TPSA) is 156 Å². The molecule has 0 saturated heterocycles. The van der Waals surface area contributed by atoms with Gasteiger partial charge in [-0.2, -0.15) is 4.72 Å². The lowest BCUT2D eigenvalue weighted by Crippen LogP contribution is -2.43. The summed E-state index contributed by atoms with van der Waals surface area (Å²) >= 11 is 0. The number of hydrogen-bond donors (Lipinski definition) is 3. The molecule has 0 fully saturated rings. The lowest BCUT2D eigenvalue weighted by atomic mass is 10.3. The Morgan fingerprint density at radius 3 is 2.57 bits per heavy atom. The molecule has 0 aliphatic carbocycles. The minimum atomic E-state index is -4.34. The molecule has 0 heterocycles.